The first kappa shape index (κ1) is 23.3. The van der Waals surface area contributed by atoms with Crippen LogP contribution in [-0.4, -0.2) is 54.2 Å². The minimum absolute atomic E-state index is 0.0183. The Kier molecular flexibility index (Phi) is 7.87. The van der Waals surface area contributed by atoms with Gasteiger partial charge in [-0.25, -0.2) is 4.79 Å². The average Bonchev–Trinajstić information content (AvgIpc) is 3.10. The molecule has 0 saturated heterocycles. The van der Waals surface area contributed by atoms with Crippen molar-refractivity contribution in [3.8, 4) is 11.1 Å². The Balaban J connectivity index is 1.53. The Hall–Kier alpha value is -3.35. The molecule has 0 bridgehead atoms. The van der Waals surface area contributed by atoms with E-state index in [0.29, 0.717) is 19.4 Å². The van der Waals surface area contributed by atoms with Crippen molar-refractivity contribution in [2.45, 2.75) is 44.6 Å². The van der Waals surface area contributed by atoms with Gasteiger partial charge in [0.2, 0.25) is 5.91 Å². The summed E-state index contributed by atoms with van der Waals surface area (Å²) in [4.78, 5) is 37.0. The first-order chi connectivity index (χ1) is 15.4. The molecule has 2 N–H and O–H groups in total. The molecule has 2 aromatic rings. The Labute approximate surface area is 188 Å². The van der Waals surface area contributed by atoms with Crippen LogP contribution in [0.15, 0.2) is 48.5 Å². The molecule has 0 aromatic heterocycles. The van der Waals surface area contributed by atoms with E-state index < -0.39 is 12.1 Å². The van der Waals surface area contributed by atoms with Gasteiger partial charge in [-0.15, -0.1) is 0 Å². The second-order valence-electron chi connectivity index (χ2n) is 8.09. The molecule has 170 valence electrons. The van der Waals surface area contributed by atoms with Crippen molar-refractivity contribution in [2.24, 2.45) is 0 Å². The van der Waals surface area contributed by atoms with E-state index in [0.717, 1.165) is 11.1 Å². The third-order valence-electron chi connectivity index (χ3n) is 5.89. The summed E-state index contributed by atoms with van der Waals surface area (Å²) in [6.45, 7) is 2.48. The maximum absolute atomic E-state index is 12.5. The van der Waals surface area contributed by atoms with Crippen molar-refractivity contribution < 1.29 is 24.2 Å². The second-order valence-corrected chi connectivity index (χ2v) is 8.09. The Morgan fingerprint density at radius 2 is 1.66 bits per heavy atom. The van der Waals surface area contributed by atoms with Gasteiger partial charge in [0.25, 0.3) is 0 Å². The Bertz CT molecular complexity index is 929. The Morgan fingerprint density at radius 3 is 2.22 bits per heavy atom. The van der Waals surface area contributed by atoms with Crippen molar-refractivity contribution in [3.05, 3.63) is 59.7 Å². The fourth-order valence-corrected chi connectivity index (χ4v) is 4.06. The van der Waals surface area contributed by atoms with E-state index in [1.54, 1.807) is 7.05 Å². The van der Waals surface area contributed by atoms with E-state index in [2.05, 4.69) is 29.6 Å². The predicted molar refractivity (Wildman–Crippen MR) is 121 cm³/mol. The number of hydrogen-bond acceptors (Lipinski definition) is 4. The van der Waals surface area contributed by atoms with Gasteiger partial charge in [-0.2, -0.15) is 0 Å². The van der Waals surface area contributed by atoms with Crippen molar-refractivity contribution in [1.29, 1.82) is 0 Å². The standard InChI is InChI=1S/C25H30N2O5/c1-3-17(15-23(28)27(2)14-8-13-24(29)30)26-25(31)32-16-22-20-11-6-4-9-18(20)19-10-5-7-12-21(19)22/h4-7,9-12,17,22H,3,8,13-16H2,1-2H3,(H,26,31)(H,29,30)/t17-/m0/s1. The van der Waals surface area contributed by atoms with Gasteiger partial charge < -0.3 is 20.1 Å². The summed E-state index contributed by atoms with van der Waals surface area (Å²) in [7, 11) is 1.64. The summed E-state index contributed by atoms with van der Waals surface area (Å²) < 4.78 is 5.57. The number of hydrogen-bond donors (Lipinski definition) is 2. The number of carbonyl (C=O) groups is 3. The third-order valence-corrected chi connectivity index (χ3v) is 5.89. The first-order valence-corrected chi connectivity index (χ1v) is 11.0. The van der Waals surface area contributed by atoms with E-state index in [9.17, 15) is 14.4 Å². The second kappa shape index (κ2) is 10.8. The molecule has 7 nitrogen and oxygen atoms in total. The average molecular weight is 439 g/mol. The smallest absolute Gasteiger partial charge is 0.407 e. The molecule has 0 saturated carbocycles. The van der Waals surface area contributed by atoms with Gasteiger partial charge in [-0.3, -0.25) is 9.59 Å². The highest BCUT2D eigenvalue weighted by atomic mass is 16.5. The van der Waals surface area contributed by atoms with E-state index in [1.165, 1.54) is 16.0 Å². The quantitative estimate of drug-likeness (QED) is 0.584. The number of amides is 2. The highest BCUT2D eigenvalue weighted by molar-refractivity contribution is 5.79. The fourth-order valence-electron chi connectivity index (χ4n) is 4.06. The number of nitrogens with zero attached hydrogens (tertiary/aromatic N) is 1. The lowest BCUT2D eigenvalue weighted by Gasteiger charge is -2.22. The summed E-state index contributed by atoms with van der Waals surface area (Å²) in [6, 6.07) is 15.9. The van der Waals surface area contributed by atoms with Gasteiger partial charge in [-0.1, -0.05) is 55.5 Å². The lowest BCUT2D eigenvalue weighted by molar-refractivity contribution is -0.138. The van der Waals surface area contributed by atoms with Crippen LogP contribution >= 0.6 is 0 Å². The van der Waals surface area contributed by atoms with Crippen molar-refractivity contribution in [1.82, 2.24) is 10.2 Å². The molecule has 0 heterocycles. The summed E-state index contributed by atoms with van der Waals surface area (Å²) in [5, 5.41) is 11.5. The minimum atomic E-state index is -0.880. The van der Waals surface area contributed by atoms with Crippen LogP contribution in [0.2, 0.25) is 0 Å². The van der Waals surface area contributed by atoms with Gasteiger partial charge >= 0.3 is 12.1 Å². The molecule has 3 rings (SSSR count). The number of benzene rings is 2. The number of carbonyl (C=O) groups excluding carboxylic acids is 2. The number of carboxylic acid groups (broad SMARTS) is 1. The Morgan fingerprint density at radius 1 is 1.06 bits per heavy atom. The number of alkyl carbamates (subject to hydrolysis) is 1. The van der Waals surface area contributed by atoms with Gasteiger partial charge in [0.05, 0.1) is 0 Å². The summed E-state index contributed by atoms with van der Waals surface area (Å²) >= 11 is 0. The highest BCUT2D eigenvalue weighted by Crippen LogP contribution is 2.44. The van der Waals surface area contributed by atoms with Gasteiger partial charge in [0.15, 0.2) is 0 Å². The third kappa shape index (κ3) is 5.66. The SMILES string of the molecule is CC[C@@H](CC(=O)N(C)CCCC(=O)O)NC(=O)OCC1c2ccccc2-c2ccccc21. The maximum Gasteiger partial charge on any atom is 0.407 e. The van der Waals surface area contributed by atoms with Crippen molar-refractivity contribution >= 4 is 18.0 Å². The lowest BCUT2D eigenvalue weighted by Crippen LogP contribution is -2.40. The zero-order valence-corrected chi connectivity index (χ0v) is 18.5. The van der Waals surface area contributed by atoms with Crippen LogP contribution in [0.1, 0.15) is 49.7 Å². The van der Waals surface area contributed by atoms with E-state index >= 15 is 0 Å². The molecule has 0 unspecified atom stereocenters. The van der Waals surface area contributed by atoms with Crippen LogP contribution in [0.4, 0.5) is 4.79 Å². The van der Waals surface area contributed by atoms with Gasteiger partial charge in [0.1, 0.15) is 6.61 Å². The van der Waals surface area contributed by atoms with E-state index in [1.807, 2.05) is 31.2 Å². The minimum Gasteiger partial charge on any atom is -0.481 e. The van der Waals surface area contributed by atoms with E-state index in [-0.39, 0.29) is 37.3 Å². The van der Waals surface area contributed by atoms with Crippen LogP contribution in [0.25, 0.3) is 11.1 Å². The molecule has 0 radical (unpaired) electrons. The summed E-state index contributed by atoms with van der Waals surface area (Å²) in [6.07, 6.45) is 0.601. The summed E-state index contributed by atoms with van der Waals surface area (Å²) in [5.74, 6) is -1.04. The number of nitrogens with one attached hydrogen (secondary N) is 1. The number of aliphatic carboxylic acids is 1. The molecule has 7 heteroatoms. The number of ether oxygens (including phenoxy) is 1. The van der Waals surface area contributed by atoms with Crippen LogP contribution in [0, 0.1) is 0 Å². The van der Waals surface area contributed by atoms with Crippen molar-refractivity contribution in [2.75, 3.05) is 20.2 Å². The van der Waals surface area contributed by atoms with Crippen molar-refractivity contribution in [3.63, 3.8) is 0 Å². The zero-order chi connectivity index (χ0) is 23.1. The highest BCUT2D eigenvalue weighted by Gasteiger charge is 2.29. The van der Waals surface area contributed by atoms with Crippen LogP contribution in [-0.2, 0) is 14.3 Å². The molecular formula is C25H30N2O5. The number of rotatable bonds is 10. The molecule has 0 spiro atoms. The first-order valence-electron chi connectivity index (χ1n) is 11.0. The fraction of sp³-hybridized carbons (Fsp3) is 0.400. The van der Waals surface area contributed by atoms with Crippen LogP contribution in [0.3, 0.4) is 0 Å². The predicted octanol–water partition coefficient (Wildman–Crippen LogP) is 4.02. The molecule has 1 atom stereocenters. The van der Waals surface area contributed by atoms with Gasteiger partial charge in [-0.05, 0) is 35.1 Å². The number of fused-ring (bicyclic) bond motifs is 3. The van der Waals surface area contributed by atoms with Crippen LogP contribution in [0.5, 0.6) is 0 Å². The molecule has 1 aliphatic carbocycles. The molecule has 0 fully saturated rings. The topological polar surface area (TPSA) is 95.9 Å². The van der Waals surface area contributed by atoms with Gasteiger partial charge in [0, 0.05) is 38.4 Å². The lowest BCUT2D eigenvalue weighted by atomic mass is 9.98. The molecule has 2 amide bonds. The monoisotopic (exact) mass is 438 g/mol. The van der Waals surface area contributed by atoms with Crippen LogP contribution < -0.4 is 5.32 Å². The molecular weight excluding hydrogens is 408 g/mol. The molecule has 0 aliphatic heterocycles. The normalized spacial score (nSPS) is 13.1. The molecule has 1 aliphatic rings. The zero-order valence-electron chi connectivity index (χ0n) is 18.5. The number of carboxylic acids is 1. The maximum atomic E-state index is 12.5. The molecule has 2 aromatic carbocycles. The largest absolute Gasteiger partial charge is 0.481 e. The molecule has 32 heavy (non-hydrogen) atoms. The van der Waals surface area contributed by atoms with E-state index in [4.69, 9.17) is 9.84 Å². The summed E-state index contributed by atoms with van der Waals surface area (Å²) in [5.41, 5.74) is 4.62.